The van der Waals surface area contributed by atoms with Crippen molar-refractivity contribution in [2.45, 2.75) is 31.1 Å². The number of anilines is 1. The van der Waals surface area contributed by atoms with Crippen molar-refractivity contribution < 1.29 is 25.2 Å². The molecule has 0 saturated carbocycles. The quantitative estimate of drug-likeness (QED) is 0.313. The lowest BCUT2D eigenvalue weighted by Crippen LogP contribution is -2.33. The molecule has 10 nitrogen and oxygen atoms in total. The number of aliphatic hydroxyl groups excluding tert-OH is 3. The highest BCUT2D eigenvalue weighted by Gasteiger charge is 2.44. The van der Waals surface area contributed by atoms with E-state index in [1.807, 2.05) is 0 Å². The molecule has 0 amide bonds. The van der Waals surface area contributed by atoms with Gasteiger partial charge in [-0.25, -0.2) is 15.0 Å². The lowest BCUT2D eigenvalue weighted by molar-refractivity contribution is -0.0511. The van der Waals surface area contributed by atoms with Gasteiger partial charge in [-0.05, 0) is 17.7 Å². The number of benzene rings is 1. The molecule has 4 rings (SSSR count). The molecule has 5 N–H and O–H groups in total. The summed E-state index contributed by atoms with van der Waals surface area (Å²) in [6, 6.07) is 6.78. The van der Waals surface area contributed by atoms with E-state index in [1.54, 1.807) is 24.3 Å². The summed E-state index contributed by atoms with van der Waals surface area (Å²) in [5.74, 6) is 0.694. The summed E-state index contributed by atoms with van der Waals surface area (Å²) in [7, 11) is 0. The van der Waals surface area contributed by atoms with Gasteiger partial charge in [0.25, 0.3) is 0 Å². The van der Waals surface area contributed by atoms with Crippen molar-refractivity contribution in [1.82, 2.24) is 19.5 Å². The maximum Gasteiger partial charge on any atom is 0.167 e. The number of aromatic hydroxyl groups is 1. The van der Waals surface area contributed by atoms with E-state index in [-0.39, 0.29) is 29.7 Å². The van der Waals surface area contributed by atoms with Crippen LogP contribution < -0.4 is 5.32 Å². The molecule has 2 aromatic heterocycles. The van der Waals surface area contributed by atoms with Crippen molar-refractivity contribution in [3.05, 3.63) is 42.5 Å². The molecule has 1 aromatic carbocycles. The van der Waals surface area contributed by atoms with Gasteiger partial charge in [-0.1, -0.05) is 12.1 Å². The number of ether oxygens (including phenoxy) is 1. The Morgan fingerprint density at radius 3 is 2.50 bits per heavy atom. The number of phenolic OH excluding ortho intramolecular Hbond substituents is 1. The topological polar surface area (TPSA) is 146 Å². The minimum absolute atomic E-state index is 0. The molecule has 1 fully saturated rings. The average Bonchev–Trinajstić information content (AvgIpc) is 3.23. The zero-order valence-electron chi connectivity index (χ0n) is 14.6. The van der Waals surface area contributed by atoms with Gasteiger partial charge in [-0.15, -0.1) is 24.0 Å². The van der Waals surface area contributed by atoms with Crippen LogP contribution in [0.2, 0.25) is 0 Å². The molecule has 0 aliphatic carbocycles. The minimum atomic E-state index is -1.22. The summed E-state index contributed by atoms with van der Waals surface area (Å²) < 4.78 is 7.04. The first kappa shape index (κ1) is 20.7. The second-order valence-corrected chi connectivity index (χ2v) is 6.30. The van der Waals surface area contributed by atoms with Crippen molar-refractivity contribution in [1.29, 1.82) is 0 Å². The molecule has 0 radical (unpaired) electrons. The summed E-state index contributed by atoms with van der Waals surface area (Å²) in [6.45, 7) is 0.0584. The van der Waals surface area contributed by atoms with Crippen LogP contribution in [0.1, 0.15) is 11.8 Å². The zero-order chi connectivity index (χ0) is 19.0. The highest BCUT2D eigenvalue weighted by atomic mass is 127. The van der Waals surface area contributed by atoms with Gasteiger partial charge in [0.05, 0.1) is 12.9 Å². The fourth-order valence-electron chi connectivity index (χ4n) is 3.08. The Labute approximate surface area is 176 Å². The Morgan fingerprint density at radius 1 is 1.07 bits per heavy atom. The Morgan fingerprint density at radius 2 is 1.82 bits per heavy atom. The van der Waals surface area contributed by atoms with Gasteiger partial charge in [0.15, 0.2) is 23.2 Å². The second-order valence-electron chi connectivity index (χ2n) is 6.30. The van der Waals surface area contributed by atoms with Crippen LogP contribution >= 0.6 is 24.0 Å². The molecular weight excluding hydrogens is 481 g/mol. The monoisotopic (exact) mass is 501 g/mol. The number of nitrogens with zero attached hydrogens (tertiary/aromatic N) is 4. The summed E-state index contributed by atoms with van der Waals surface area (Å²) >= 11 is 0. The molecular formula is C17H20IN5O5. The number of fused-ring (bicyclic) bond motifs is 1. The van der Waals surface area contributed by atoms with E-state index in [0.29, 0.717) is 23.5 Å². The van der Waals surface area contributed by atoms with E-state index < -0.39 is 31.1 Å². The van der Waals surface area contributed by atoms with Crippen LogP contribution in [-0.2, 0) is 11.3 Å². The maximum atomic E-state index is 10.2. The summed E-state index contributed by atoms with van der Waals surface area (Å²) in [5.41, 5.74) is 1.85. The maximum absolute atomic E-state index is 10.2. The molecule has 4 unspecified atom stereocenters. The highest BCUT2D eigenvalue weighted by molar-refractivity contribution is 14.0. The number of aliphatic hydroxyl groups is 3. The van der Waals surface area contributed by atoms with Gasteiger partial charge in [-0.3, -0.25) is 4.57 Å². The standard InChI is InChI=1S/C17H19N5O5.HI/c23-6-11-13(25)14(26)17(27-11)22-8-21-12-15(19-7-20-16(12)22)18-5-9-1-3-10(24)4-2-9;/h1-4,7-8,11,13-14,17,23-26H,5-6H2,(H,18,19,20);1H. The minimum Gasteiger partial charge on any atom is -0.508 e. The second kappa shape index (κ2) is 8.53. The van der Waals surface area contributed by atoms with Crippen LogP contribution in [0.3, 0.4) is 0 Å². The fraction of sp³-hybridized carbons (Fsp3) is 0.353. The van der Waals surface area contributed by atoms with Crippen molar-refractivity contribution in [3.8, 4) is 5.75 Å². The van der Waals surface area contributed by atoms with E-state index in [0.717, 1.165) is 5.56 Å². The van der Waals surface area contributed by atoms with Crippen molar-refractivity contribution >= 4 is 41.0 Å². The van der Waals surface area contributed by atoms with Crippen molar-refractivity contribution in [3.63, 3.8) is 0 Å². The normalized spacial score (nSPS) is 24.2. The van der Waals surface area contributed by atoms with Gasteiger partial charge >= 0.3 is 0 Å². The predicted octanol–water partition coefficient (Wildman–Crippen LogP) is 0.373. The molecule has 11 heteroatoms. The molecule has 4 atom stereocenters. The van der Waals surface area contributed by atoms with E-state index in [4.69, 9.17) is 4.74 Å². The number of hydrogen-bond acceptors (Lipinski definition) is 9. The SMILES string of the molecule is I.OCC1OC(n2cnc3c(NCc4ccc(O)cc4)ncnc32)C(O)C1O. The first-order chi connectivity index (χ1) is 13.1. The summed E-state index contributed by atoms with van der Waals surface area (Å²) in [6.07, 6.45) is -1.40. The van der Waals surface area contributed by atoms with Gasteiger partial charge in [0.1, 0.15) is 30.4 Å². The van der Waals surface area contributed by atoms with Crippen LogP contribution in [0.15, 0.2) is 36.9 Å². The largest absolute Gasteiger partial charge is 0.508 e. The number of imidazole rings is 1. The van der Waals surface area contributed by atoms with Crippen LogP contribution in [-0.4, -0.2) is 64.9 Å². The molecule has 3 aromatic rings. The fourth-order valence-corrected chi connectivity index (χ4v) is 3.08. The highest BCUT2D eigenvalue weighted by Crippen LogP contribution is 2.32. The third kappa shape index (κ3) is 3.75. The molecule has 1 aliphatic heterocycles. The smallest absolute Gasteiger partial charge is 0.167 e. The van der Waals surface area contributed by atoms with Gasteiger partial charge in [-0.2, -0.15) is 0 Å². The lowest BCUT2D eigenvalue weighted by Gasteiger charge is -2.16. The van der Waals surface area contributed by atoms with Gasteiger partial charge in [0.2, 0.25) is 0 Å². The number of aromatic nitrogens is 4. The van der Waals surface area contributed by atoms with Crippen molar-refractivity contribution in [2.75, 3.05) is 11.9 Å². The summed E-state index contributed by atoms with van der Waals surface area (Å²) in [5, 5.41) is 41.9. The first-order valence-electron chi connectivity index (χ1n) is 8.40. The van der Waals surface area contributed by atoms with E-state index in [2.05, 4.69) is 20.3 Å². The molecule has 1 saturated heterocycles. The Bertz CT molecular complexity index is 937. The lowest BCUT2D eigenvalue weighted by atomic mass is 10.1. The van der Waals surface area contributed by atoms with E-state index >= 15 is 0 Å². The van der Waals surface area contributed by atoms with Crippen LogP contribution in [0.25, 0.3) is 11.2 Å². The number of nitrogens with one attached hydrogen (secondary N) is 1. The average molecular weight is 501 g/mol. The third-order valence-electron chi connectivity index (χ3n) is 4.55. The Kier molecular flexibility index (Phi) is 6.30. The van der Waals surface area contributed by atoms with Gasteiger partial charge in [0, 0.05) is 6.54 Å². The molecule has 150 valence electrons. The molecule has 0 bridgehead atoms. The van der Waals surface area contributed by atoms with Crippen LogP contribution in [0.4, 0.5) is 5.82 Å². The van der Waals surface area contributed by atoms with Crippen molar-refractivity contribution in [2.24, 2.45) is 0 Å². The zero-order valence-corrected chi connectivity index (χ0v) is 16.9. The number of rotatable bonds is 5. The third-order valence-corrected chi connectivity index (χ3v) is 4.55. The first-order valence-corrected chi connectivity index (χ1v) is 8.40. The number of phenols is 1. The Hall–Kier alpha value is -2.06. The van der Waals surface area contributed by atoms with Gasteiger partial charge < -0.3 is 30.5 Å². The van der Waals surface area contributed by atoms with E-state index in [9.17, 15) is 20.4 Å². The number of halogens is 1. The van der Waals surface area contributed by atoms with E-state index in [1.165, 1.54) is 17.2 Å². The predicted molar refractivity (Wildman–Crippen MR) is 109 cm³/mol. The molecule has 28 heavy (non-hydrogen) atoms. The molecule has 0 spiro atoms. The number of hydrogen-bond donors (Lipinski definition) is 5. The van der Waals surface area contributed by atoms with Crippen LogP contribution in [0.5, 0.6) is 5.75 Å². The van der Waals surface area contributed by atoms with Crippen LogP contribution in [0, 0.1) is 0 Å². The summed E-state index contributed by atoms with van der Waals surface area (Å²) in [4.78, 5) is 12.7. The molecule has 3 heterocycles. The molecule has 1 aliphatic rings. The Balaban J connectivity index is 0.00000225.